The maximum Gasteiger partial charge on any atom is -0.0177 e. The first-order valence-corrected chi connectivity index (χ1v) is 3.55. The van der Waals surface area contributed by atoms with E-state index in [-0.39, 0.29) is 0 Å². The predicted molar refractivity (Wildman–Crippen MR) is 46.5 cm³/mol. The van der Waals surface area contributed by atoms with Crippen LogP contribution in [0.15, 0.2) is 34.1 Å². The second kappa shape index (κ2) is 2.46. The Morgan fingerprint density at radius 1 is 0.750 bits per heavy atom. The maximum atomic E-state index is 2.64. The fraction of sp³-hybridized carbons (Fsp3) is 0. The van der Waals surface area contributed by atoms with Crippen molar-refractivity contribution in [2.45, 2.75) is 9.79 Å². The van der Waals surface area contributed by atoms with Crippen LogP contribution >= 0.6 is 25.3 Å². The third-order valence-electron chi connectivity index (χ3n) is 0.936. The highest BCUT2D eigenvalue weighted by Crippen LogP contribution is 2.09. The van der Waals surface area contributed by atoms with Gasteiger partial charge in [0.2, 0.25) is 0 Å². The van der Waals surface area contributed by atoms with E-state index in [0.717, 1.165) is 0 Å². The zero-order valence-corrected chi connectivity index (χ0v) is 6.77. The topological polar surface area (TPSA) is 0 Å². The summed E-state index contributed by atoms with van der Waals surface area (Å²) in [5.41, 5.74) is 0. The zero-order chi connectivity index (χ0) is 5.98. The van der Waals surface area contributed by atoms with Crippen molar-refractivity contribution in [3.05, 3.63) is 24.3 Å². The molecule has 1 aromatic rings. The molecule has 2 heteroatoms. The van der Waals surface area contributed by atoms with Gasteiger partial charge < -0.3 is 0 Å². The molecule has 0 heterocycles. The van der Waals surface area contributed by atoms with Crippen LogP contribution in [0.3, 0.4) is 0 Å². The van der Waals surface area contributed by atoms with E-state index in [4.69, 9.17) is 0 Å². The van der Waals surface area contributed by atoms with Gasteiger partial charge in [0, 0.05) is 0 Å². The van der Waals surface area contributed by atoms with Gasteiger partial charge in [0.25, 0.3) is 0 Å². The molecule has 0 saturated heterocycles. The van der Waals surface area contributed by atoms with Crippen LogP contribution in [0.5, 0.6) is 0 Å². The van der Waals surface area contributed by atoms with Gasteiger partial charge in [-0.15, -0.1) is 0 Å². The van der Waals surface area contributed by atoms with Crippen molar-refractivity contribution >= 4 is 25.3 Å². The summed E-state index contributed by atoms with van der Waals surface area (Å²) in [7, 11) is 0. The molecule has 0 aromatic heterocycles. The Kier molecular flexibility index (Phi) is 1.86. The van der Waals surface area contributed by atoms with E-state index < -0.39 is 0 Å². The van der Waals surface area contributed by atoms with Gasteiger partial charge in [-0.05, 0) is 34.1 Å². The highest BCUT2D eigenvalue weighted by Gasteiger charge is 1.79. The minimum Gasteiger partial charge on any atom is -0.252 e. The fourth-order valence-corrected chi connectivity index (χ4v) is 0.881. The first-order valence-electron chi connectivity index (χ1n) is 2.40. The molecule has 0 aliphatic rings. The van der Waals surface area contributed by atoms with Crippen LogP contribution in [0.2, 0.25) is 0 Å². The fourth-order valence-electron chi connectivity index (χ4n) is 0.496. The van der Waals surface area contributed by atoms with Gasteiger partial charge in [-0.1, -0.05) is 0 Å². The number of hydrogen-bond acceptors (Lipinski definition) is 0. The molecular weight excluding hydrogens is 136 g/mol. The summed E-state index contributed by atoms with van der Waals surface area (Å²) in [5, 5.41) is 0. The lowest BCUT2D eigenvalue weighted by Gasteiger charge is -1.90. The normalized spacial score (nSPS) is 10.5. The van der Waals surface area contributed by atoms with E-state index >= 15 is 0 Å². The molecule has 0 aliphatic carbocycles. The van der Waals surface area contributed by atoms with E-state index in [1.807, 2.05) is 0 Å². The van der Waals surface area contributed by atoms with E-state index in [1.54, 1.807) is 0 Å². The Labute approximate surface area is 59.7 Å². The SMILES string of the molecule is [SH3]c1ccc([SH3])cc1. The number of rotatable bonds is 0. The molecule has 0 radical (unpaired) electrons. The Morgan fingerprint density at radius 2 is 1.00 bits per heavy atom. The van der Waals surface area contributed by atoms with Crippen LogP contribution in [-0.4, -0.2) is 0 Å². The molecule has 1 rings (SSSR count). The van der Waals surface area contributed by atoms with Gasteiger partial charge in [0.15, 0.2) is 0 Å². The van der Waals surface area contributed by atoms with Crippen LogP contribution in [0.4, 0.5) is 0 Å². The largest absolute Gasteiger partial charge is 0.252 e. The highest BCUT2D eigenvalue weighted by molar-refractivity contribution is 7.80. The summed E-state index contributed by atoms with van der Waals surface area (Å²) in [6.07, 6.45) is 0. The van der Waals surface area contributed by atoms with Crippen molar-refractivity contribution in [3.8, 4) is 0 Å². The molecule has 0 N–H and O–H groups in total. The Balaban J connectivity index is 3.03. The van der Waals surface area contributed by atoms with E-state index in [0.29, 0.717) is 0 Å². The Hall–Kier alpha value is -0.0800. The molecule has 0 spiro atoms. The molecule has 0 fully saturated rings. The van der Waals surface area contributed by atoms with E-state index in [9.17, 15) is 0 Å². The summed E-state index contributed by atoms with van der Waals surface area (Å²) in [6, 6.07) is 8.25. The molecule has 0 amide bonds. The summed E-state index contributed by atoms with van der Waals surface area (Å²) in [4.78, 5) is 2.47. The monoisotopic (exact) mass is 146 g/mol. The van der Waals surface area contributed by atoms with Crippen molar-refractivity contribution in [2.75, 3.05) is 0 Å². The van der Waals surface area contributed by atoms with Crippen molar-refractivity contribution in [3.63, 3.8) is 0 Å². The van der Waals surface area contributed by atoms with Crippen LogP contribution in [0.1, 0.15) is 0 Å². The van der Waals surface area contributed by atoms with Gasteiger partial charge in [-0.3, -0.25) is 25.3 Å². The third kappa shape index (κ3) is 1.46. The molecule has 46 valence electrons. The number of benzene rings is 1. The van der Waals surface area contributed by atoms with Crippen molar-refractivity contribution in [2.24, 2.45) is 0 Å². The first kappa shape index (κ1) is 6.05. The predicted octanol–water partition coefficient (Wildman–Crippen LogP) is 1.19. The average Bonchev–Trinajstić information content (AvgIpc) is 1.77. The smallest absolute Gasteiger partial charge is 0.0177 e. The molecule has 0 atom stereocenters. The summed E-state index contributed by atoms with van der Waals surface area (Å²) < 4.78 is 0. The zero-order valence-electron chi connectivity index (χ0n) is 4.46. The van der Waals surface area contributed by atoms with Crippen molar-refractivity contribution in [1.82, 2.24) is 0 Å². The first-order chi connectivity index (χ1) is 3.79. The summed E-state index contributed by atoms with van der Waals surface area (Å²) in [6.45, 7) is 0. The minimum absolute atomic E-state index is 1.23. The van der Waals surface area contributed by atoms with Gasteiger partial charge >= 0.3 is 0 Å². The molecule has 8 heavy (non-hydrogen) atoms. The van der Waals surface area contributed by atoms with Crippen molar-refractivity contribution in [1.29, 1.82) is 0 Å². The highest BCUT2D eigenvalue weighted by atomic mass is 32.1. The summed E-state index contributed by atoms with van der Waals surface area (Å²) >= 11 is 5.28. The quantitative estimate of drug-likeness (QED) is 0.516. The molecule has 0 nitrogen and oxygen atoms in total. The molecule has 0 unspecified atom stereocenters. The maximum absolute atomic E-state index is 2.64. The molecular formula is C6H10S2. The minimum atomic E-state index is 1.23. The second-order valence-corrected chi connectivity index (χ2v) is 3.00. The Morgan fingerprint density at radius 3 is 1.25 bits per heavy atom. The van der Waals surface area contributed by atoms with Crippen LogP contribution in [-0.2, 0) is 0 Å². The lowest BCUT2D eigenvalue weighted by molar-refractivity contribution is 1.37. The van der Waals surface area contributed by atoms with E-state index in [1.165, 1.54) is 9.79 Å². The molecule has 0 saturated carbocycles. The average molecular weight is 146 g/mol. The number of hydrogen-bond donors (Lipinski definition) is 0. The van der Waals surface area contributed by atoms with E-state index in [2.05, 4.69) is 49.5 Å². The molecule has 0 bridgehead atoms. The Bertz CT molecular complexity index is 145. The van der Waals surface area contributed by atoms with Gasteiger partial charge in [0.1, 0.15) is 0 Å². The second-order valence-electron chi connectivity index (χ2n) is 1.67. The third-order valence-corrected chi connectivity index (χ3v) is 1.71. The van der Waals surface area contributed by atoms with Gasteiger partial charge in [-0.25, -0.2) is 0 Å². The van der Waals surface area contributed by atoms with Crippen LogP contribution in [0.25, 0.3) is 0 Å². The molecule has 1 aromatic carbocycles. The lowest BCUT2D eigenvalue weighted by atomic mass is 10.4. The van der Waals surface area contributed by atoms with Crippen molar-refractivity contribution < 1.29 is 0 Å². The lowest BCUT2D eigenvalue weighted by Crippen LogP contribution is -1.63. The summed E-state index contributed by atoms with van der Waals surface area (Å²) in [5.74, 6) is 0. The van der Waals surface area contributed by atoms with Crippen LogP contribution in [0, 0.1) is 0 Å². The van der Waals surface area contributed by atoms with Crippen LogP contribution < -0.4 is 0 Å². The standard InChI is InChI=1S/C6H10S2/c7-5-1-2-6(8)4-3-5/h1-4H,7-8H3. The van der Waals surface area contributed by atoms with Gasteiger partial charge in [0.05, 0.1) is 0 Å². The molecule has 0 aliphatic heterocycles. The van der Waals surface area contributed by atoms with Gasteiger partial charge in [-0.2, -0.15) is 0 Å².